The SMILES string of the molecule is N=C(N)c1cc2ccc(CCc3ccccc3)cc2s1. The maximum atomic E-state index is 7.50. The fourth-order valence-electron chi connectivity index (χ4n) is 2.30. The Kier molecular flexibility index (Phi) is 3.52. The van der Waals surface area contributed by atoms with Crippen molar-refractivity contribution in [2.24, 2.45) is 5.73 Å². The number of aryl methyl sites for hydroxylation is 2. The highest BCUT2D eigenvalue weighted by Crippen LogP contribution is 2.26. The molecule has 0 fully saturated rings. The Hall–Kier alpha value is -2.13. The van der Waals surface area contributed by atoms with E-state index in [0.29, 0.717) is 0 Å². The normalized spacial score (nSPS) is 10.8. The topological polar surface area (TPSA) is 49.9 Å². The Bertz CT molecular complexity index is 744. The highest BCUT2D eigenvalue weighted by Gasteiger charge is 2.05. The average Bonchev–Trinajstić information content (AvgIpc) is 2.89. The number of fused-ring (bicyclic) bond motifs is 1. The van der Waals surface area contributed by atoms with E-state index in [9.17, 15) is 0 Å². The Morgan fingerprint density at radius 1 is 0.950 bits per heavy atom. The van der Waals surface area contributed by atoms with Crippen LogP contribution in [0.3, 0.4) is 0 Å². The molecule has 0 unspecified atom stereocenters. The molecule has 0 aliphatic rings. The zero-order valence-corrected chi connectivity index (χ0v) is 11.9. The summed E-state index contributed by atoms with van der Waals surface area (Å²) in [5.74, 6) is 0.150. The van der Waals surface area contributed by atoms with E-state index in [1.807, 2.05) is 12.1 Å². The van der Waals surface area contributed by atoms with Crippen LogP contribution in [0.5, 0.6) is 0 Å². The molecule has 3 aromatic rings. The minimum Gasteiger partial charge on any atom is -0.383 e. The second kappa shape index (κ2) is 5.47. The quantitative estimate of drug-likeness (QED) is 0.551. The van der Waals surface area contributed by atoms with Crippen molar-refractivity contribution in [2.45, 2.75) is 12.8 Å². The van der Waals surface area contributed by atoms with Gasteiger partial charge >= 0.3 is 0 Å². The van der Waals surface area contributed by atoms with Gasteiger partial charge in [0.15, 0.2) is 0 Å². The fraction of sp³-hybridized carbons (Fsp3) is 0.118. The lowest BCUT2D eigenvalue weighted by Crippen LogP contribution is -2.08. The smallest absolute Gasteiger partial charge is 0.133 e. The first-order valence-corrected chi connectivity index (χ1v) is 7.45. The van der Waals surface area contributed by atoms with Crippen LogP contribution in [-0.2, 0) is 12.8 Å². The van der Waals surface area contributed by atoms with Crippen molar-refractivity contribution in [1.82, 2.24) is 0 Å². The average molecular weight is 280 g/mol. The molecule has 0 radical (unpaired) electrons. The molecule has 0 amide bonds. The highest BCUT2D eigenvalue weighted by atomic mass is 32.1. The summed E-state index contributed by atoms with van der Waals surface area (Å²) in [5.41, 5.74) is 8.24. The lowest BCUT2D eigenvalue weighted by Gasteiger charge is -2.02. The van der Waals surface area contributed by atoms with Crippen LogP contribution >= 0.6 is 11.3 Å². The molecule has 20 heavy (non-hydrogen) atoms. The van der Waals surface area contributed by atoms with E-state index in [2.05, 4.69) is 42.5 Å². The van der Waals surface area contributed by atoms with Crippen LogP contribution in [-0.4, -0.2) is 5.84 Å². The standard InChI is InChI=1S/C17H16N2S/c18-17(19)16-11-14-9-8-13(10-15(14)20-16)7-6-12-4-2-1-3-5-12/h1-5,8-11H,6-7H2,(H3,18,19). The number of nitrogen functional groups attached to an aromatic ring is 1. The highest BCUT2D eigenvalue weighted by molar-refractivity contribution is 7.20. The van der Waals surface area contributed by atoms with Gasteiger partial charge in [-0.2, -0.15) is 0 Å². The monoisotopic (exact) mass is 280 g/mol. The summed E-state index contributed by atoms with van der Waals surface area (Å²) in [6, 6.07) is 19.0. The number of nitrogens with two attached hydrogens (primary N) is 1. The third-order valence-corrected chi connectivity index (χ3v) is 4.53. The number of hydrogen-bond acceptors (Lipinski definition) is 2. The maximum Gasteiger partial charge on any atom is 0.133 e. The molecule has 2 nitrogen and oxygen atoms in total. The zero-order chi connectivity index (χ0) is 13.9. The van der Waals surface area contributed by atoms with Gasteiger partial charge in [-0.15, -0.1) is 11.3 Å². The summed E-state index contributed by atoms with van der Waals surface area (Å²) in [4.78, 5) is 0.847. The lowest BCUT2D eigenvalue weighted by molar-refractivity contribution is 0.963. The van der Waals surface area contributed by atoms with E-state index >= 15 is 0 Å². The van der Waals surface area contributed by atoms with Crippen molar-refractivity contribution >= 4 is 27.3 Å². The Morgan fingerprint density at radius 3 is 2.45 bits per heavy atom. The molecular weight excluding hydrogens is 264 g/mol. The van der Waals surface area contributed by atoms with Crippen LogP contribution in [0.2, 0.25) is 0 Å². The molecule has 3 rings (SSSR count). The van der Waals surface area contributed by atoms with Gasteiger partial charge in [-0.25, -0.2) is 0 Å². The van der Waals surface area contributed by atoms with Crippen molar-refractivity contribution in [2.75, 3.05) is 0 Å². The van der Waals surface area contributed by atoms with Gasteiger partial charge in [-0.3, -0.25) is 5.41 Å². The Balaban J connectivity index is 1.80. The van der Waals surface area contributed by atoms with Gasteiger partial charge in [-0.1, -0.05) is 42.5 Å². The molecule has 3 N–H and O–H groups in total. The number of hydrogen-bond donors (Lipinski definition) is 2. The van der Waals surface area contributed by atoms with Crippen LogP contribution in [0.1, 0.15) is 16.0 Å². The van der Waals surface area contributed by atoms with E-state index in [1.165, 1.54) is 21.2 Å². The predicted molar refractivity (Wildman–Crippen MR) is 86.7 cm³/mol. The van der Waals surface area contributed by atoms with Crippen LogP contribution in [0.25, 0.3) is 10.1 Å². The first-order chi connectivity index (χ1) is 9.72. The molecule has 0 spiro atoms. The van der Waals surface area contributed by atoms with Crippen LogP contribution in [0, 0.1) is 5.41 Å². The summed E-state index contributed by atoms with van der Waals surface area (Å²) in [6.45, 7) is 0. The largest absolute Gasteiger partial charge is 0.383 e. The molecule has 0 aliphatic carbocycles. The van der Waals surface area contributed by atoms with E-state index in [0.717, 1.165) is 17.7 Å². The molecule has 2 aromatic carbocycles. The molecular formula is C17H16N2S. The van der Waals surface area contributed by atoms with E-state index < -0.39 is 0 Å². The van der Waals surface area contributed by atoms with Crippen LogP contribution in [0.15, 0.2) is 54.6 Å². The molecule has 0 saturated carbocycles. The van der Waals surface area contributed by atoms with Crippen molar-refractivity contribution in [3.05, 3.63) is 70.6 Å². The second-order valence-corrected chi connectivity index (χ2v) is 5.97. The van der Waals surface area contributed by atoms with Crippen LogP contribution in [0.4, 0.5) is 0 Å². The molecule has 0 aliphatic heterocycles. The number of thiophene rings is 1. The molecule has 0 atom stereocenters. The Labute approximate surface area is 122 Å². The van der Waals surface area contributed by atoms with E-state index in [4.69, 9.17) is 11.1 Å². The maximum absolute atomic E-state index is 7.50. The third kappa shape index (κ3) is 2.73. The van der Waals surface area contributed by atoms with Crippen molar-refractivity contribution in [3.63, 3.8) is 0 Å². The van der Waals surface area contributed by atoms with Crippen molar-refractivity contribution in [3.8, 4) is 0 Å². The first kappa shape index (κ1) is 12.9. The summed E-state index contributed by atoms with van der Waals surface area (Å²) >= 11 is 1.59. The molecule has 0 saturated heterocycles. The number of benzene rings is 2. The summed E-state index contributed by atoms with van der Waals surface area (Å²) in [6.07, 6.45) is 2.09. The van der Waals surface area contributed by atoms with E-state index in [-0.39, 0.29) is 5.84 Å². The minimum atomic E-state index is 0.150. The third-order valence-electron chi connectivity index (χ3n) is 3.40. The number of amidine groups is 1. The minimum absolute atomic E-state index is 0.150. The predicted octanol–water partition coefficient (Wildman–Crippen LogP) is 3.97. The van der Waals surface area contributed by atoms with Gasteiger partial charge in [0, 0.05) is 4.70 Å². The van der Waals surface area contributed by atoms with Crippen molar-refractivity contribution < 1.29 is 0 Å². The van der Waals surface area contributed by atoms with Gasteiger partial charge in [0.05, 0.1) is 4.88 Å². The lowest BCUT2D eigenvalue weighted by atomic mass is 10.0. The molecule has 0 bridgehead atoms. The van der Waals surface area contributed by atoms with Gasteiger partial charge in [0.1, 0.15) is 5.84 Å². The van der Waals surface area contributed by atoms with Gasteiger partial charge < -0.3 is 5.73 Å². The fourth-order valence-corrected chi connectivity index (χ4v) is 3.29. The molecule has 3 heteroatoms. The second-order valence-electron chi connectivity index (χ2n) is 4.88. The molecule has 100 valence electrons. The zero-order valence-electron chi connectivity index (χ0n) is 11.1. The van der Waals surface area contributed by atoms with Gasteiger partial charge in [0.2, 0.25) is 0 Å². The molecule has 1 heterocycles. The van der Waals surface area contributed by atoms with E-state index in [1.54, 1.807) is 11.3 Å². The molecule has 1 aromatic heterocycles. The summed E-state index contributed by atoms with van der Waals surface area (Å²) < 4.78 is 1.21. The summed E-state index contributed by atoms with van der Waals surface area (Å²) in [7, 11) is 0. The number of rotatable bonds is 4. The van der Waals surface area contributed by atoms with Gasteiger partial charge in [-0.05, 0) is 41.5 Å². The first-order valence-electron chi connectivity index (χ1n) is 6.63. The van der Waals surface area contributed by atoms with Crippen molar-refractivity contribution in [1.29, 1.82) is 5.41 Å². The Morgan fingerprint density at radius 2 is 1.70 bits per heavy atom. The van der Waals surface area contributed by atoms with Gasteiger partial charge in [0.25, 0.3) is 0 Å². The number of nitrogens with one attached hydrogen (secondary N) is 1. The summed E-state index contributed by atoms with van der Waals surface area (Å²) in [5, 5.41) is 8.67. The van der Waals surface area contributed by atoms with Crippen LogP contribution < -0.4 is 5.73 Å².